The highest BCUT2D eigenvalue weighted by atomic mass is 19.4. The molecule has 160 valence electrons. The maximum Gasteiger partial charge on any atom is 0.433 e. The normalized spacial score (nSPS) is 33.8. The Hall–Kier alpha value is -2.68. The van der Waals surface area contributed by atoms with Gasteiger partial charge in [-0.25, -0.2) is 9.97 Å². The van der Waals surface area contributed by atoms with E-state index in [2.05, 4.69) is 22.2 Å². The van der Waals surface area contributed by atoms with E-state index < -0.39 is 23.7 Å². The number of hydrogen-bond acceptors (Lipinski definition) is 5. The van der Waals surface area contributed by atoms with E-state index in [1.165, 1.54) is 19.4 Å². The average Bonchev–Trinajstić information content (AvgIpc) is 3.09. The molecule has 3 aliphatic rings. The lowest BCUT2D eigenvalue weighted by molar-refractivity contribution is -0.141. The van der Waals surface area contributed by atoms with Gasteiger partial charge in [0, 0.05) is 19.1 Å². The number of carbonyl (C=O) groups excluding carboxylic acids is 1. The number of anilines is 1. The van der Waals surface area contributed by atoms with Crippen molar-refractivity contribution in [2.75, 3.05) is 12.4 Å². The van der Waals surface area contributed by atoms with Gasteiger partial charge in [-0.3, -0.25) is 4.79 Å². The summed E-state index contributed by atoms with van der Waals surface area (Å²) < 4.78 is 50.7. The van der Waals surface area contributed by atoms with E-state index in [0.717, 1.165) is 6.07 Å². The Kier molecular flexibility index (Phi) is 4.29. The third kappa shape index (κ3) is 2.94. The Balaban J connectivity index is 0.00000231. The van der Waals surface area contributed by atoms with Crippen LogP contribution in [0.4, 0.5) is 18.9 Å². The van der Waals surface area contributed by atoms with Crippen molar-refractivity contribution >= 4 is 11.6 Å². The number of ether oxygens (including phenoxy) is 2. The van der Waals surface area contributed by atoms with E-state index in [1.54, 1.807) is 18.2 Å². The Morgan fingerprint density at radius 3 is 2.63 bits per heavy atom. The summed E-state index contributed by atoms with van der Waals surface area (Å²) in [4.78, 5) is 21.1. The quantitative estimate of drug-likeness (QED) is 0.814. The molecule has 5 rings (SSSR count). The molecule has 0 spiro atoms. The second-order valence-corrected chi connectivity index (χ2v) is 8.15. The predicted octanol–water partition coefficient (Wildman–Crippen LogP) is 3.75. The molecule has 1 N–H and O–H groups in total. The van der Waals surface area contributed by atoms with Crippen molar-refractivity contribution in [1.29, 1.82) is 0 Å². The molecule has 6 nitrogen and oxygen atoms in total. The van der Waals surface area contributed by atoms with Gasteiger partial charge in [-0.05, 0) is 36.0 Å². The molecule has 2 aromatic rings. The van der Waals surface area contributed by atoms with Crippen LogP contribution in [-0.4, -0.2) is 35.2 Å². The molecular weight excluding hydrogens is 399 g/mol. The minimum absolute atomic E-state index is 0. The topological polar surface area (TPSA) is 73.3 Å². The molecule has 2 bridgehead atoms. The standard InChI is InChI=1S/C21H20F3N3O3.H2/c1-9-14-15(9)19-17(20(28)26-10-6-7-13(29-2)25-8-10)16(18(14)30-19)11-4-3-5-12(27-11)21(22,23)24;/h3-9,14-19H,1-2H3,(H,26,28);1H/t9?,14?,15?,16-,17-,18+,19-;/m1./s1. The summed E-state index contributed by atoms with van der Waals surface area (Å²) in [5.74, 6) is -0.0884. The van der Waals surface area contributed by atoms with Gasteiger partial charge < -0.3 is 14.8 Å². The van der Waals surface area contributed by atoms with Gasteiger partial charge in [0.2, 0.25) is 11.8 Å². The van der Waals surface area contributed by atoms with E-state index in [4.69, 9.17) is 9.47 Å². The summed E-state index contributed by atoms with van der Waals surface area (Å²) in [7, 11) is 1.49. The van der Waals surface area contributed by atoms with Crippen LogP contribution in [-0.2, 0) is 15.7 Å². The minimum atomic E-state index is -4.55. The largest absolute Gasteiger partial charge is 0.481 e. The van der Waals surface area contributed by atoms with Crippen molar-refractivity contribution in [3.8, 4) is 5.88 Å². The molecule has 30 heavy (non-hydrogen) atoms. The maximum absolute atomic E-state index is 13.2. The first kappa shape index (κ1) is 19.3. The van der Waals surface area contributed by atoms with Crippen LogP contribution in [0.5, 0.6) is 5.88 Å². The van der Waals surface area contributed by atoms with E-state index in [9.17, 15) is 18.0 Å². The average molecular weight is 421 g/mol. The fraction of sp³-hybridized carbons (Fsp3) is 0.476. The van der Waals surface area contributed by atoms with Crippen molar-refractivity contribution < 1.29 is 28.9 Å². The van der Waals surface area contributed by atoms with Crippen molar-refractivity contribution in [2.24, 2.45) is 23.7 Å². The van der Waals surface area contributed by atoms with Gasteiger partial charge in [-0.15, -0.1) is 0 Å². The van der Waals surface area contributed by atoms with Crippen LogP contribution >= 0.6 is 0 Å². The summed E-state index contributed by atoms with van der Waals surface area (Å²) in [6, 6.07) is 7.13. The molecular formula is C21H22F3N3O3. The first-order valence-electron chi connectivity index (χ1n) is 9.80. The lowest BCUT2D eigenvalue weighted by Crippen LogP contribution is -2.37. The molecule has 1 saturated carbocycles. The first-order valence-corrected chi connectivity index (χ1v) is 9.80. The first-order chi connectivity index (χ1) is 14.3. The van der Waals surface area contributed by atoms with Crippen LogP contribution in [0.1, 0.15) is 25.7 Å². The van der Waals surface area contributed by atoms with Crippen LogP contribution < -0.4 is 10.1 Å². The number of nitrogens with one attached hydrogen (secondary N) is 1. The molecule has 1 aliphatic carbocycles. The van der Waals surface area contributed by atoms with Gasteiger partial charge in [0.25, 0.3) is 0 Å². The summed E-state index contributed by atoms with van der Waals surface area (Å²) in [6.07, 6.45) is -3.68. The van der Waals surface area contributed by atoms with Gasteiger partial charge in [0.05, 0.1) is 37.1 Å². The number of pyridine rings is 2. The van der Waals surface area contributed by atoms with Gasteiger partial charge >= 0.3 is 6.18 Å². The van der Waals surface area contributed by atoms with Gasteiger partial charge in [0.15, 0.2) is 0 Å². The molecule has 0 aromatic carbocycles. The third-order valence-corrected chi connectivity index (χ3v) is 6.60. The second-order valence-electron chi connectivity index (χ2n) is 8.15. The number of methoxy groups -OCH3 is 1. The van der Waals surface area contributed by atoms with Crippen molar-refractivity contribution in [3.05, 3.63) is 47.9 Å². The fourth-order valence-corrected chi connectivity index (χ4v) is 5.24. The monoisotopic (exact) mass is 421 g/mol. The number of nitrogens with zero attached hydrogens (tertiary/aromatic N) is 2. The molecule has 2 aliphatic heterocycles. The second kappa shape index (κ2) is 6.66. The fourth-order valence-electron chi connectivity index (χ4n) is 5.24. The molecule has 2 saturated heterocycles. The highest BCUT2D eigenvalue weighted by Gasteiger charge is 2.72. The molecule has 1 amide bonds. The van der Waals surface area contributed by atoms with Crippen molar-refractivity contribution in [1.82, 2.24) is 9.97 Å². The molecule has 0 radical (unpaired) electrons. The van der Waals surface area contributed by atoms with Crippen LogP contribution in [0.25, 0.3) is 0 Å². The lowest BCUT2D eigenvalue weighted by Gasteiger charge is -2.26. The van der Waals surface area contributed by atoms with E-state index in [-0.39, 0.29) is 37.1 Å². The van der Waals surface area contributed by atoms with Crippen LogP contribution in [0.15, 0.2) is 36.5 Å². The third-order valence-electron chi connectivity index (χ3n) is 6.60. The van der Waals surface area contributed by atoms with Gasteiger partial charge in [0.1, 0.15) is 5.69 Å². The summed E-state index contributed by atoms with van der Waals surface area (Å²) in [5, 5.41) is 2.83. The summed E-state index contributed by atoms with van der Waals surface area (Å²) in [6.45, 7) is 2.10. The van der Waals surface area contributed by atoms with Crippen LogP contribution in [0.2, 0.25) is 0 Å². The number of hydrogen-bond donors (Lipinski definition) is 1. The zero-order chi connectivity index (χ0) is 21.2. The molecule has 4 heterocycles. The highest BCUT2D eigenvalue weighted by molar-refractivity contribution is 5.94. The van der Waals surface area contributed by atoms with Crippen LogP contribution in [0, 0.1) is 23.7 Å². The lowest BCUT2D eigenvalue weighted by atomic mass is 9.76. The Labute approximate surface area is 172 Å². The molecule has 9 heteroatoms. The Bertz CT molecular complexity index is 988. The Morgan fingerprint density at radius 2 is 1.97 bits per heavy atom. The minimum Gasteiger partial charge on any atom is -0.481 e. The summed E-state index contributed by atoms with van der Waals surface area (Å²) in [5.41, 5.74) is -0.218. The number of carbonyl (C=O) groups is 1. The number of fused-ring (bicyclic) bond motifs is 5. The molecule has 7 atom stereocenters. The predicted molar refractivity (Wildman–Crippen MR) is 102 cm³/mol. The zero-order valence-electron chi connectivity index (χ0n) is 16.3. The molecule has 2 aromatic heterocycles. The van der Waals surface area contributed by atoms with E-state index in [1.807, 2.05) is 0 Å². The van der Waals surface area contributed by atoms with Crippen molar-refractivity contribution in [3.63, 3.8) is 0 Å². The Morgan fingerprint density at radius 1 is 1.20 bits per heavy atom. The SMILES string of the molecule is COc1ccc(NC(=O)[C@@H]2[C@@H](c3cccc(C(F)(F)F)n3)[C@H]3O[C@@H]2C2C(C)C23)cn1.[HH]. The van der Waals surface area contributed by atoms with E-state index in [0.29, 0.717) is 17.5 Å². The number of amides is 1. The van der Waals surface area contributed by atoms with Gasteiger partial charge in [-0.2, -0.15) is 13.2 Å². The number of halogens is 3. The zero-order valence-corrected chi connectivity index (χ0v) is 16.3. The van der Waals surface area contributed by atoms with E-state index >= 15 is 0 Å². The van der Waals surface area contributed by atoms with Gasteiger partial charge in [-0.1, -0.05) is 13.0 Å². The summed E-state index contributed by atoms with van der Waals surface area (Å²) >= 11 is 0. The molecule has 3 unspecified atom stereocenters. The number of aromatic nitrogens is 2. The van der Waals surface area contributed by atoms with Crippen molar-refractivity contribution in [2.45, 2.75) is 31.2 Å². The number of alkyl halides is 3. The van der Waals surface area contributed by atoms with Crippen LogP contribution in [0.3, 0.4) is 0 Å². The highest BCUT2D eigenvalue weighted by Crippen LogP contribution is 2.68. The number of rotatable bonds is 4. The molecule has 3 fully saturated rings. The maximum atomic E-state index is 13.2. The smallest absolute Gasteiger partial charge is 0.433 e.